The summed E-state index contributed by atoms with van der Waals surface area (Å²) in [4.78, 5) is 0.313. The van der Waals surface area contributed by atoms with E-state index >= 15 is 0 Å². The van der Waals surface area contributed by atoms with Gasteiger partial charge in [0.2, 0.25) is 10.0 Å². The van der Waals surface area contributed by atoms with Crippen molar-refractivity contribution in [1.82, 2.24) is 4.72 Å². The molecule has 0 bridgehead atoms. The monoisotopic (exact) mass is 285 g/mol. The molecule has 1 aromatic carbocycles. The highest BCUT2D eigenvalue weighted by Crippen LogP contribution is 2.28. The van der Waals surface area contributed by atoms with E-state index in [4.69, 9.17) is 5.11 Å². The molecule has 1 rings (SSSR count). The van der Waals surface area contributed by atoms with Crippen LogP contribution < -0.4 is 4.72 Å². The van der Waals surface area contributed by atoms with Crippen molar-refractivity contribution in [3.63, 3.8) is 0 Å². The van der Waals surface area contributed by atoms with E-state index in [1.165, 1.54) is 0 Å². The van der Waals surface area contributed by atoms with E-state index in [0.717, 1.165) is 5.56 Å². The summed E-state index contributed by atoms with van der Waals surface area (Å²) < 4.78 is 27.1. The molecular weight excluding hydrogens is 262 g/mol. The van der Waals surface area contributed by atoms with Crippen LogP contribution in [-0.4, -0.2) is 26.2 Å². The lowest BCUT2D eigenvalue weighted by Crippen LogP contribution is -2.29. The Morgan fingerprint density at radius 3 is 2.37 bits per heavy atom. The van der Waals surface area contributed by atoms with E-state index in [9.17, 15) is 8.42 Å². The van der Waals surface area contributed by atoms with Crippen molar-refractivity contribution >= 4 is 10.0 Å². The van der Waals surface area contributed by atoms with Crippen LogP contribution in [0.5, 0.6) is 0 Å². The quantitative estimate of drug-likeness (QED) is 0.870. The van der Waals surface area contributed by atoms with Crippen LogP contribution in [0, 0.1) is 0 Å². The number of nitrogens with one attached hydrogen (secondary N) is 1. The van der Waals surface area contributed by atoms with Gasteiger partial charge in [-0.3, -0.25) is 0 Å². The second kappa shape index (κ2) is 6.03. The zero-order valence-electron chi connectivity index (χ0n) is 12.0. The Labute approximate surface area is 115 Å². The molecule has 0 radical (unpaired) electrons. The zero-order chi connectivity index (χ0) is 14.7. The lowest BCUT2D eigenvalue weighted by Gasteiger charge is -2.22. The van der Waals surface area contributed by atoms with Crippen LogP contribution >= 0.6 is 0 Å². The number of benzene rings is 1. The molecule has 19 heavy (non-hydrogen) atoms. The molecule has 108 valence electrons. The number of rotatable bonds is 5. The Balaban J connectivity index is 3.02. The van der Waals surface area contributed by atoms with Crippen molar-refractivity contribution in [1.29, 1.82) is 0 Å². The van der Waals surface area contributed by atoms with Gasteiger partial charge in [-0.2, -0.15) is 0 Å². The Hall–Kier alpha value is -0.910. The maximum absolute atomic E-state index is 12.3. The molecule has 1 unspecified atom stereocenters. The zero-order valence-corrected chi connectivity index (χ0v) is 12.8. The Morgan fingerprint density at radius 2 is 1.84 bits per heavy atom. The Bertz CT molecular complexity index is 516. The first-order chi connectivity index (χ1) is 8.64. The molecule has 1 aromatic rings. The third-order valence-electron chi connectivity index (χ3n) is 2.84. The number of sulfonamides is 1. The van der Waals surface area contributed by atoms with Crippen LogP contribution in [0.2, 0.25) is 0 Å². The van der Waals surface area contributed by atoms with Gasteiger partial charge in [0.25, 0.3) is 0 Å². The van der Waals surface area contributed by atoms with Gasteiger partial charge in [0.15, 0.2) is 0 Å². The summed E-state index contributed by atoms with van der Waals surface area (Å²) in [6.45, 7) is 7.82. The van der Waals surface area contributed by atoms with Gasteiger partial charge in [0.1, 0.15) is 0 Å². The molecule has 4 nitrogen and oxygen atoms in total. The summed E-state index contributed by atoms with van der Waals surface area (Å²) in [5, 5.41) is 9.17. The fourth-order valence-corrected chi connectivity index (χ4v) is 3.26. The summed E-state index contributed by atoms with van der Waals surface area (Å²) in [7, 11) is -3.53. The molecule has 0 heterocycles. The van der Waals surface area contributed by atoms with Gasteiger partial charge in [-0.15, -0.1) is 0 Å². The summed E-state index contributed by atoms with van der Waals surface area (Å²) in [5.41, 5.74) is 0.551. The van der Waals surface area contributed by atoms with Crippen molar-refractivity contribution in [3.8, 4) is 0 Å². The highest BCUT2D eigenvalue weighted by molar-refractivity contribution is 7.89. The lowest BCUT2D eigenvalue weighted by molar-refractivity contribution is 0.186. The molecule has 0 aliphatic heterocycles. The van der Waals surface area contributed by atoms with Crippen LogP contribution in [0.15, 0.2) is 29.2 Å². The van der Waals surface area contributed by atoms with Gasteiger partial charge in [-0.1, -0.05) is 39.0 Å². The van der Waals surface area contributed by atoms with E-state index in [1.807, 2.05) is 32.9 Å². The minimum atomic E-state index is -3.53. The van der Waals surface area contributed by atoms with E-state index in [-0.39, 0.29) is 12.0 Å². The van der Waals surface area contributed by atoms with Crippen molar-refractivity contribution in [3.05, 3.63) is 29.8 Å². The van der Waals surface area contributed by atoms with E-state index < -0.39 is 16.1 Å². The largest absolute Gasteiger partial charge is 0.393 e. The average molecular weight is 285 g/mol. The second-order valence-corrected chi connectivity index (χ2v) is 7.52. The van der Waals surface area contributed by atoms with Crippen molar-refractivity contribution in [2.45, 2.75) is 50.5 Å². The van der Waals surface area contributed by atoms with Gasteiger partial charge < -0.3 is 5.11 Å². The van der Waals surface area contributed by atoms with Gasteiger partial charge in [0, 0.05) is 6.54 Å². The first kappa shape index (κ1) is 16.1. The maximum atomic E-state index is 12.3. The van der Waals surface area contributed by atoms with Gasteiger partial charge in [-0.05, 0) is 30.4 Å². The Kier molecular flexibility index (Phi) is 5.12. The van der Waals surface area contributed by atoms with Crippen molar-refractivity contribution < 1.29 is 13.5 Å². The lowest BCUT2D eigenvalue weighted by atomic mass is 9.87. The number of hydrogen-bond acceptors (Lipinski definition) is 3. The van der Waals surface area contributed by atoms with Crippen LogP contribution in [0.25, 0.3) is 0 Å². The SMILES string of the molecule is CC(O)CCNS(=O)(=O)c1ccccc1C(C)(C)C. The van der Waals surface area contributed by atoms with Crippen molar-refractivity contribution in [2.24, 2.45) is 0 Å². The molecule has 0 saturated heterocycles. The first-order valence-corrected chi connectivity index (χ1v) is 7.90. The summed E-state index contributed by atoms with van der Waals surface area (Å²) in [5.74, 6) is 0. The summed E-state index contributed by atoms with van der Waals surface area (Å²) >= 11 is 0. The predicted octanol–water partition coefficient (Wildman–Crippen LogP) is 2.03. The highest BCUT2D eigenvalue weighted by atomic mass is 32.2. The molecule has 2 N–H and O–H groups in total. The van der Waals surface area contributed by atoms with E-state index in [1.54, 1.807) is 19.1 Å². The molecule has 0 aromatic heterocycles. The molecule has 0 spiro atoms. The van der Waals surface area contributed by atoms with Crippen LogP contribution in [0.1, 0.15) is 39.7 Å². The summed E-state index contributed by atoms with van der Waals surface area (Å²) in [6.07, 6.45) is -0.114. The molecule has 5 heteroatoms. The molecular formula is C14H23NO3S. The average Bonchev–Trinajstić information content (AvgIpc) is 2.27. The standard InChI is InChI=1S/C14H23NO3S/c1-11(16)9-10-15-19(17,18)13-8-6-5-7-12(13)14(2,3)4/h5-8,11,15-16H,9-10H2,1-4H3. The second-order valence-electron chi connectivity index (χ2n) is 5.78. The first-order valence-electron chi connectivity index (χ1n) is 6.42. The third-order valence-corrected chi connectivity index (χ3v) is 4.36. The fraction of sp³-hybridized carbons (Fsp3) is 0.571. The molecule has 0 saturated carbocycles. The molecule has 0 aliphatic rings. The topological polar surface area (TPSA) is 66.4 Å². The predicted molar refractivity (Wildman–Crippen MR) is 76.6 cm³/mol. The van der Waals surface area contributed by atoms with Crippen molar-refractivity contribution in [2.75, 3.05) is 6.54 Å². The smallest absolute Gasteiger partial charge is 0.240 e. The van der Waals surface area contributed by atoms with Gasteiger partial charge >= 0.3 is 0 Å². The van der Waals surface area contributed by atoms with Crippen LogP contribution in [-0.2, 0) is 15.4 Å². The van der Waals surface area contributed by atoms with Gasteiger partial charge in [0.05, 0.1) is 11.0 Å². The normalized spacial score (nSPS) is 14.4. The number of aliphatic hydroxyl groups excluding tert-OH is 1. The maximum Gasteiger partial charge on any atom is 0.240 e. The van der Waals surface area contributed by atoms with Gasteiger partial charge in [-0.25, -0.2) is 13.1 Å². The van der Waals surface area contributed by atoms with E-state index in [2.05, 4.69) is 4.72 Å². The van der Waals surface area contributed by atoms with Crippen LogP contribution in [0.4, 0.5) is 0 Å². The molecule has 1 atom stereocenters. The number of hydrogen-bond donors (Lipinski definition) is 2. The minimum absolute atomic E-state index is 0.235. The van der Waals surface area contributed by atoms with E-state index in [0.29, 0.717) is 11.3 Å². The third kappa shape index (κ3) is 4.60. The minimum Gasteiger partial charge on any atom is -0.393 e. The molecule has 0 amide bonds. The highest BCUT2D eigenvalue weighted by Gasteiger charge is 2.24. The van der Waals surface area contributed by atoms with Crippen LogP contribution in [0.3, 0.4) is 0 Å². The molecule has 0 fully saturated rings. The Morgan fingerprint density at radius 1 is 1.26 bits per heavy atom. The number of aliphatic hydroxyl groups is 1. The molecule has 0 aliphatic carbocycles. The summed E-state index contributed by atoms with van der Waals surface area (Å²) in [6, 6.07) is 7.02. The fourth-order valence-electron chi connectivity index (χ4n) is 1.80.